The maximum atomic E-state index is 13.1. The maximum absolute atomic E-state index is 13.1. The van der Waals surface area contributed by atoms with Gasteiger partial charge >= 0.3 is 0 Å². The Hall–Kier alpha value is -3.87. The van der Waals surface area contributed by atoms with E-state index in [1.807, 2.05) is 6.07 Å². The largest absolute Gasteiger partial charge is 0.495 e. The summed E-state index contributed by atoms with van der Waals surface area (Å²) in [6, 6.07) is 19.0. The van der Waals surface area contributed by atoms with Gasteiger partial charge in [-0.2, -0.15) is 0 Å². The van der Waals surface area contributed by atoms with E-state index in [4.69, 9.17) is 9.47 Å². The number of ether oxygens (including phenoxy) is 2. The first-order valence-corrected chi connectivity index (χ1v) is 8.78. The first kappa shape index (κ1) is 19.9. The third-order valence-corrected chi connectivity index (χ3v) is 3.95. The van der Waals surface area contributed by atoms with Gasteiger partial charge in [0.2, 0.25) is 0 Å². The highest BCUT2D eigenvalue weighted by Crippen LogP contribution is 2.24. The molecule has 0 unspecified atom stereocenters. The lowest BCUT2D eigenvalue weighted by molar-refractivity contribution is -0.118. The van der Waals surface area contributed by atoms with E-state index in [-0.39, 0.29) is 18.3 Å². The van der Waals surface area contributed by atoms with Crippen molar-refractivity contribution < 1.29 is 23.5 Å². The van der Waals surface area contributed by atoms with E-state index in [0.29, 0.717) is 22.7 Å². The number of carbonyl (C=O) groups excluding carboxylic acids is 2. The maximum Gasteiger partial charge on any atom is 0.262 e. The summed E-state index contributed by atoms with van der Waals surface area (Å²) in [7, 11) is 1.53. The Kier molecular flexibility index (Phi) is 6.42. The van der Waals surface area contributed by atoms with Gasteiger partial charge < -0.3 is 20.1 Å². The molecular formula is C22H19FN2O4. The Balaban J connectivity index is 1.55. The van der Waals surface area contributed by atoms with Crippen LogP contribution >= 0.6 is 0 Å². The van der Waals surface area contributed by atoms with Crippen molar-refractivity contribution in [2.24, 2.45) is 0 Å². The van der Waals surface area contributed by atoms with E-state index >= 15 is 0 Å². The molecule has 0 aromatic heterocycles. The van der Waals surface area contributed by atoms with Gasteiger partial charge in [-0.05, 0) is 48.5 Å². The average molecular weight is 394 g/mol. The van der Waals surface area contributed by atoms with E-state index in [1.54, 1.807) is 48.5 Å². The SMILES string of the molecule is COc1ccccc1NC(=O)c1ccc(NC(=O)COc2cccc(F)c2)cc1. The lowest BCUT2D eigenvalue weighted by Gasteiger charge is -2.10. The Morgan fingerprint density at radius 1 is 0.931 bits per heavy atom. The highest BCUT2D eigenvalue weighted by molar-refractivity contribution is 6.05. The summed E-state index contributed by atoms with van der Waals surface area (Å²) >= 11 is 0. The lowest BCUT2D eigenvalue weighted by Crippen LogP contribution is -2.20. The quantitative estimate of drug-likeness (QED) is 0.632. The molecule has 2 N–H and O–H groups in total. The number of carbonyl (C=O) groups is 2. The van der Waals surface area contributed by atoms with Crippen molar-refractivity contribution in [2.45, 2.75) is 0 Å². The molecule has 3 rings (SSSR count). The van der Waals surface area contributed by atoms with Crippen LogP contribution in [0.2, 0.25) is 0 Å². The molecule has 0 aliphatic rings. The number of benzene rings is 3. The first-order valence-electron chi connectivity index (χ1n) is 8.78. The van der Waals surface area contributed by atoms with Gasteiger partial charge in [0.25, 0.3) is 11.8 Å². The van der Waals surface area contributed by atoms with E-state index in [2.05, 4.69) is 10.6 Å². The number of halogens is 1. The van der Waals surface area contributed by atoms with Crippen molar-refractivity contribution in [2.75, 3.05) is 24.4 Å². The van der Waals surface area contributed by atoms with Crippen molar-refractivity contribution in [3.63, 3.8) is 0 Å². The smallest absolute Gasteiger partial charge is 0.262 e. The lowest BCUT2D eigenvalue weighted by atomic mass is 10.2. The van der Waals surface area contributed by atoms with Gasteiger partial charge in [-0.15, -0.1) is 0 Å². The number of nitrogens with one attached hydrogen (secondary N) is 2. The highest BCUT2D eigenvalue weighted by atomic mass is 19.1. The Morgan fingerprint density at radius 2 is 1.69 bits per heavy atom. The zero-order valence-corrected chi connectivity index (χ0v) is 15.6. The van der Waals surface area contributed by atoms with Crippen LogP contribution in [0.4, 0.5) is 15.8 Å². The van der Waals surface area contributed by atoms with Crippen LogP contribution in [-0.4, -0.2) is 25.5 Å². The molecule has 6 nitrogen and oxygen atoms in total. The van der Waals surface area contributed by atoms with Crippen molar-refractivity contribution in [3.05, 3.63) is 84.2 Å². The molecule has 0 saturated heterocycles. The first-order chi connectivity index (χ1) is 14.0. The van der Waals surface area contributed by atoms with Crippen molar-refractivity contribution in [1.29, 1.82) is 0 Å². The summed E-state index contributed by atoms with van der Waals surface area (Å²) in [4.78, 5) is 24.4. The second-order valence-corrected chi connectivity index (χ2v) is 6.03. The van der Waals surface area contributed by atoms with Crippen LogP contribution in [0.1, 0.15) is 10.4 Å². The van der Waals surface area contributed by atoms with Crippen LogP contribution < -0.4 is 20.1 Å². The van der Waals surface area contributed by atoms with Crippen LogP contribution in [-0.2, 0) is 4.79 Å². The fourth-order valence-corrected chi connectivity index (χ4v) is 2.55. The van der Waals surface area contributed by atoms with E-state index in [0.717, 1.165) is 0 Å². The van der Waals surface area contributed by atoms with Gasteiger partial charge in [-0.3, -0.25) is 9.59 Å². The molecule has 0 radical (unpaired) electrons. The molecule has 2 amide bonds. The average Bonchev–Trinajstić information content (AvgIpc) is 2.73. The van der Waals surface area contributed by atoms with Gasteiger partial charge in [0, 0.05) is 17.3 Å². The molecule has 0 fully saturated rings. The molecule has 0 aliphatic heterocycles. The highest BCUT2D eigenvalue weighted by Gasteiger charge is 2.10. The predicted octanol–water partition coefficient (Wildman–Crippen LogP) is 4.10. The molecule has 148 valence electrons. The molecule has 0 saturated carbocycles. The third-order valence-electron chi connectivity index (χ3n) is 3.95. The number of rotatable bonds is 7. The molecule has 0 heterocycles. The van der Waals surface area contributed by atoms with Gasteiger partial charge in [0.05, 0.1) is 12.8 Å². The fraction of sp³-hybridized carbons (Fsp3) is 0.0909. The molecule has 0 aliphatic carbocycles. The normalized spacial score (nSPS) is 10.1. The number of methoxy groups -OCH3 is 1. The van der Waals surface area contributed by atoms with Gasteiger partial charge in [-0.25, -0.2) is 4.39 Å². The molecule has 0 spiro atoms. The third kappa shape index (κ3) is 5.55. The summed E-state index contributed by atoms with van der Waals surface area (Å²) in [5, 5.41) is 5.43. The second-order valence-electron chi connectivity index (χ2n) is 6.03. The van der Waals surface area contributed by atoms with Gasteiger partial charge in [-0.1, -0.05) is 18.2 Å². The van der Waals surface area contributed by atoms with Crippen LogP contribution in [0, 0.1) is 5.82 Å². The van der Waals surface area contributed by atoms with Crippen molar-refractivity contribution in [1.82, 2.24) is 0 Å². The zero-order chi connectivity index (χ0) is 20.6. The van der Waals surface area contributed by atoms with Crippen LogP contribution in [0.5, 0.6) is 11.5 Å². The number of hydrogen-bond acceptors (Lipinski definition) is 4. The second kappa shape index (κ2) is 9.36. The topological polar surface area (TPSA) is 76.7 Å². The minimum Gasteiger partial charge on any atom is -0.495 e. The Morgan fingerprint density at radius 3 is 2.41 bits per heavy atom. The predicted molar refractivity (Wildman–Crippen MR) is 108 cm³/mol. The summed E-state index contributed by atoms with van der Waals surface area (Å²) in [6.45, 7) is -0.264. The van der Waals surface area contributed by atoms with Gasteiger partial charge in [0.15, 0.2) is 6.61 Å². The standard InChI is InChI=1S/C22H19FN2O4/c1-28-20-8-3-2-7-19(20)25-22(27)15-9-11-17(12-10-15)24-21(26)14-29-18-6-4-5-16(23)13-18/h2-13H,14H2,1H3,(H,24,26)(H,25,27). The van der Waals surface area contributed by atoms with Crippen LogP contribution in [0.15, 0.2) is 72.8 Å². The minimum absolute atomic E-state index is 0.264. The molecule has 29 heavy (non-hydrogen) atoms. The van der Waals surface area contributed by atoms with Gasteiger partial charge in [0.1, 0.15) is 17.3 Å². The number of hydrogen-bond donors (Lipinski definition) is 2. The van der Waals surface area contributed by atoms with E-state index in [9.17, 15) is 14.0 Å². The monoisotopic (exact) mass is 394 g/mol. The van der Waals surface area contributed by atoms with Crippen LogP contribution in [0.25, 0.3) is 0 Å². The fourth-order valence-electron chi connectivity index (χ4n) is 2.55. The summed E-state index contributed by atoms with van der Waals surface area (Å²) in [6.07, 6.45) is 0. The minimum atomic E-state index is -0.440. The molecule has 7 heteroatoms. The summed E-state index contributed by atoms with van der Waals surface area (Å²) < 4.78 is 23.6. The van der Waals surface area contributed by atoms with Crippen molar-refractivity contribution in [3.8, 4) is 11.5 Å². The molecule has 0 atom stereocenters. The van der Waals surface area contributed by atoms with Crippen molar-refractivity contribution >= 4 is 23.2 Å². The summed E-state index contributed by atoms with van der Waals surface area (Å²) in [5.41, 5.74) is 1.49. The molecule has 3 aromatic carbocycles. The molecule has 3 aromatic rings. The molecule has 0 bridgehead atoms. The Labute approximate surface area is 167 Å². The number of anilines is 2. The number of amides is 2. The van der Waals surface area contributed by atoms with E-state index < -0.39 is 11.7 Å². The van der Waals surface area contributed by atoms with Crippen LogP contribution in [0.3, 0.4) is 0 Å². The molecular weight excluding hydrogens is 375 g/mol. The Bertz CT molecular complexity index is 1010. The van der Waals surface area contributed by atoms with E-state index in [1.165, 1.54) is 25.3 Å². The zero-order valence-electron chi connectivity index (χ0n) is 15.6. The number of para-hydroxylation sites is 2. The summed E-state index contributed by atoms with van der Waals surface area (Å²) in [5.74, 6) is -0.321.